The van der Waals surface area contributed by atoms with E-state index in [0.29, 0.717) is 12.5 Å². The number of aliphatic imine (C=N–C) groups is 1. The standard InChI is InChI=1S/C20H27NO3/c1-14-7-9-15(10-8-14)16-20(24-16,17-21-18(2,3)13-23-17)19(22)11-5-4-6-12-19/h7-10,16,22H,4-6,11-13H2,1-3H3/t16-,20+/m0/s1. The highest BCUT2D eigenvalue weighted by Crippen LogP contribution is 2.61. The summed E-state index contributed by atoms with van der Waals surface area (Å²) in [6.07, 6.45) is 4.55. The summed E-state index contributed by atoms with van der Waals surface area (Å²) in [7, 11) is 0. The predicted molar refractivity (Wildman–Crippen MR) is 93.2 cm³/mol. The summed E-state index contributed by atoms with van der Waals surface area (Å²) >= 11 is 0. The molecular weight excluding hydrogens is 302 g/mol. The third-order valence-electron chi connectivity index (χ3n) is 5.65. The molecule has 0 radical (unpaired) electrons. The fourth-order valence-electron chi connectivity index (χ4n) is 4.19. The van der Waals surface area contributed by atoms with Crippen molar-refractivity contribution in [3.63, 3.8) is 0 Å². The van der Waals surface area contributed by atoms with E-state index < -0.39 is 11.2 Å². The number of aliphatic hydroxyl groups is 1. The van der Waals surface area contributed by atoms with Crippen LogP contribution in [-0.2, 0) is 9.47 Å². The summed E-state index contributed by atoms with van der Waals surface area (Å²) < 4.78 is 12.2. The number of aryl methyl sites for hydroxylation is 1. The molecule has 4 rings (SSSR count). The number of rotatable bonds is 3. The Hall–Kier alpha value is -1.39. The van der Waals surface area contributed by atoms with Gasteiger partial charge in [-0.2, -0.15) is 0 Å². The van der Waals surface area contributed by atoms with Crippen molar-refractivity contribution in [3.05, 3.63) is 35.4 Å². The first-order chi connectivity index (χ1) is 11.4. The van der Waals surface area contributed by atoms with Crippen LogP contribution in [0.3, 0.4) is 0 Å². The number of benzene rings is 1. The average molecular weight is 329 g/mol. The van der Waals surface area contributed by atoms with Crippen molar-refractivity contribution < 1.29 is 14.6 Å². The minimum atomic E-state index is -0.889. The number of hydrogen-bond donors (Lipinski definition) is 1. The van der Waals surface area contributed by atoms with E-state index in [4.69, 9.17) is 14.5 Å². The van der Waals surface area contributed by atoms with Gasteiger partial charge in [0.1, 0.15) is 18.3 Å². The van der Waals surface area contributed by atoms with E-state index in [-0.39, 0.29) is 11.6 Å². The number of epoxide rings is 1. The molecule has 4 nitrogen and oxygen atoms in total. The molecule has 1 saturated heterocycles. The molecule has 0 spiro atoms. The number of hydrogen-bond acceptors (Lipinski definition) is 4. The second kappa shape index (κ2) is 5.30. The molecule has 1 aromatic rings. The van der Waals surface area contributed by atoms with Crippen LogP contribution < -0.4 is 0 Å². The summed E-state index contributed by atoms with van der Waals surface area (Å²) in [6.45, 7) is 6.74. The number of ether oxygens (including phenoxy) is 2. The minimum Gasteiger partial charge on any atom is -0.476 e. The molecule has 2 aliphatic heterocycles. The molecule has 24 heavy (non-hydrogen) atoms. The van der Waals surface area contributed by atoms with Gasteiger partial charge >= 0.3 is 0 Å². The van der Waals surface area contributed by atoms with Crippen molar-refractivity contribution in [1.82, 2.24) is 0 Å². The maximum atomic E-state index is 11.5. The third-order valence-corrected chi connectivity index (χ3v) is 5.65. The van der Waals surface area contributed by atoms with Gasteiger partial charge in [0.15, 0.2) is 0 Å². The molecule has 0 unspecified atom stereocenters. The molecule has 0 amide bonds. The van der Waals surface area contributed by atoms with Gasteiger partial charge in [0, 0.05) is 0 Å². The normalized spacial score (nSPS) is 33.7. The molecule has 4 heteroatoms. The van der Waals surface area contributed by atoms with E-state index in [1.54, 1.807) is 0 Å². The Morgan fingerprint density at radius 1 is 1.08 bits per heavy atom. The zero-order chi connectivity index (χ0) is 17.0. The van der Waals surface area contributed by atoms with Crippen LogP contribution in [0.1, 0.15) is 63.2 Å². The summed E-state index contributed by atoms with van der Waals surface area (Å²) in [6, 6.07) is 8.37. The lowest BCUT2D eigenvalue weighted by Crippen LogP contribution is -2.52. The topological polar surface area (TPSA) is 54.4 Å². The van der Waals surface area contributed by atoms with Crippen LogP contribution in [0.2, 0.25) is 0 Å². The molecule has 0 bridgehead atoms. The van der Waals surface area contributed by atoms with Crippen LogP contribution in [0.5, 0.6) is 0 Å². The second-order valence-electron chi connectivity index (χ2n) is 8.25. The molecule has 2 heterocycles. The van der Waals surface area contributed by atoms with E-state index in [1.807, 2.05) is 0 Å². The van der Waals surface area contributed by atoms with Gasteiger partial charge in [-0.25, -0.2) is 4.99 Å². The van der Waals surface area contributed by atoms with Crippen LogP contribution in [0.15, 0.2) is 29.3 Å². The van der Waals surface area contributed by atoms with Gasteiger partial charge in [-0.15, -0.1) is 0 Å². The Balaban J connectivity index is 1.74. The highest BCUT2D eigenvalue weighted by atomic mass is 16.7. The Kier molecular flexibility index (Phi) is 3.56. The molecular formula is C20H27NO3. The van der Waals surface area contributed by atoms with E-state index in [9.17, 15) is 5.11 Å². The Bertz CT molecular complexity index is 658. The van der Waals surface area contributed by atoms with Crippen LogP contribution in [0.25, 0.3) is 0 Å². The summed E-state index contributed by atoms with van der Waals surface area (Å²) in [5.41, 5.74) is 0.362. The van der Waals surface area contributed by atoms with Crippen molar-refractivity contribution in [1.29, 1.82) is 0 Å². The average Bonchev–Trinajstić information content (AvgIpc) is 3.21. The zero-order valence-corrected chi connectivity index (χ0v) is 14.8. The van der Waals surface area contributed by atoms with Crippen molar-refractivity contribution in [3.8, 4) is 0 Å². The van der Waals surface area contributed by atoms with Gasteiger partial charge in [-0.05, 0) is 39.2 Å². The highest BCUT2D eigenvalue weighted by molar-refractivity contribution is 5.92. The van der Waals surface area contributed by atoms with Gasteiger partial charge < -0.3 is 14.6 Å². The van der Waals surface area contributed by atoms with Gasteiger partial charge in [-0.3, -0.25) is 0 Å². The van der Waals surface area contributed by atoms with E-state index in [1.165, 1.54) is 12.0 Å². The van der Waals surface area contributed by atoms with Crippen molar-refractivity contribution in [2.24, 2.45) is 4.99 Å². The largest absolute Gasteiger partial charge is 0.476 e. The first kappa shape index (κ1) is 16.1. The molecule has 0 aromatic heterocycles. The quantitative estimate of drug-likeness (QED) is 0.860. The smallest absolute Gasteiger partial charge is 0.223 e. The van der Waals surface area contributed by atoms with Crippen LogP contribution in [-0.4, -0.2) is 34.4 Å². The summed E-state index contributed by atoms with van der Waals surface area (Å²) in [4.78, 5) is 4.78. The van der Waals surface area contributed by atoms with Crippen LogP contribution in [0, 0.1) is 6.92 Å². The molecule has 1 saturated carbocycles. The number of nitrogens with zero attached hydrogens (tertiary/aromatic N) is 1. The second-order valence-corrected chi connectivity index (χ2v) is 8.25. The monoisotopic (exact) mass is 329 g/mol. The van der Waals surface area contributed by atoms with Crippen LogP contribution in [0.4, 0.5) is 0 Å². The van der Waals surface area contributed by atoms with E-state index >= 15 is 0 Å². The van der Waals surface area contributed by atoms with Gasteiger partial charge in [0.05, 0.1) is 5.54 Å². The van der Waals surface area contributed by atoms with Gasteiger partial charge in [0.2, 0.25) is 11.5 Å². The molecule has 3 aliphatic rings. The lowest BCUT2D eigenvalue weighted by Gasteiger charge is -2.37. The maximum absolute atomic E-state index is 11.5. The van der Waals surface area contributed by atoms with Gasteiger partial charge in [-0.1, -0.05) is 49.1 Å². The summed E-state index contributed by atoms with van der Waals surface area (Å²) in [5.74, 6) is 0.600. The first-order valence-corrected chi connectivity index (χ1v) is 9.06. The lowest BCUT2D eigenvalue weighted by atomic mass is 9.72. The Morgan fingerprint density at radius 2 is 1.75 bits per heavy atom. The van der Waals surface area contributed by atoms with Crippen LogP contribution >= 0.6 is 0 Å². The third kappa shape index (κ3) is 2.39. The Labute approximate surface area is 143 Å². The lowest BCUT2D eigenvalue weighted by molar-refractivity contribution is -0.0466. The SMILES string of the molecule is Cc1ccc([C@@H]2O[C@]2(C2=NC(C)(C)CO2)C2(O)CCCCC2)cc1. The molecule has 1 aromatic carbocycles. The summed E-state index contributed by atoms with van der Waals surface area (Å²) in [5, 5.41) is 11.5. The highest BCUT2D eigenvalue weighted by Gasteiger charge is 2.74. The predicted octanol–water partition coefficient (Wildman–Crippen LogP) is 3.71. The maximum Gasteiger partial charge on any atom is 0.223 e. The molecule has 1 N–H and O–H groups in total. The van der Waals surface area contributed by atoms with E-state index in [0.717, 1.165) is 31.2 Å². The molecule has 1 aliphatic carbocycles. The van der Waals surface area contributed by atoms with Gasteiger partial charge in [0.25, 0.3) is 0 Å². The fourth-order valence-corrected chi connectivity index (χ4v) is 4.19. The zero-order valence-electron chi connectivity index (χ0n) is 14.8. The van der Waals surface area contributed by atoms with Crippen molar-refractivity contribution >= 4 is 5.90 Å². The first-order valence-electron chi connectivity index (χ1n) is 9.06. The minimum absolute atomic E-state index is 0.172. The molecule has 2 fully saturated rings. The van der Waals surface area contributed by atoms with Crippen molar-refractivity contribution in [2.45, 2.75) is 75.7 Å². The molecule has 2 atom stereocenters. The molecule has 130 valence electrons. The van der Waals surface area contributed by atoms with Crippen molar-refractivity contribution in [2.75, 3.05) is 6.61 Å². The Morgan fingerprint density at radius 3 is 2.33 bits per heavy atom. The van der Waals surface area contributed by atoms with E-state index in [2.05, 4.69) is 45.0 Å². The fraction of sp³-hybridized carbons (Fsp3) is 0.650.